The molecule has 1 fully saturated rings. The number of hydrogen-bond acceptors (Lipinski definition) is 6. The van der Waals surface area contributed by atoms with Crippen LogP contribution in [0.3, 0.4) is 0 Å². The van der Waals surface area contributed by atoms with Crippen molar-refractivity contribution >= 4 is 23.4 Å². The highest BCUT2D eigenvalue weighted by Gasteiger charge is 2.30. The third kappa shape index (κ3) is 3.68. The highest BCUT2D eigenvalue weighted by atomic mass is 35.5. The van der Waals surface area contributed by atoms with Gasteiger partial charge in [0.05, 0.1) is 11.4 Å². The van der Waals surface area contributed by atoms with E-state index in [2.05, 4.69) is 10.1 Å². The Labute approximate surface area is 170 Å². The molecule has 1 aliphatic carbocycles. The van der Waals surface area contributed by atoms with Crippen LogP contribution in [-0.4, -0.2) is 24.9 Å². The number of benzene rings is 2. The van der Waals surface area contributed by atoms with Gasteiger partial charge in [-0.3, -0.25) is 0 Å². The van der Waals surface area contributed by atoms with Gasteiger partial charge in [0.25, 0.3) is 0 Å². The van der Waals surface area contributed by atoms with Crippen molar-refractivity contribution in [2.45, 2.75) is 29.7 Å². The van der Waals surface area contributed by atoms with Crippen LogP contribution in [0.2, 0.25) is 5.02 Å². The molecule has 0 unspecified atom stereocenters. The van der Waals surface area contributed by atoms with Gasteiger partial charge in [-0.05, 0) is 37.1 Å². The maximum absolute atomic E-state index is 6.03. The van der Waals surface area contributed by atoms with Crippen LogP contribution in [0.5, 0.6) is 0 Å². The summed E-state index contributed by atoms with van der Waals surface area (Å²) in [6.45, 7) is 0. The van der Waals surface area contributed by atoms with E-state index in [1.54, 1.807) is 0 Å². The summed E-state index contributed by atoms with van der Waals surface area (Å²) in [5.74, 6) is 3.10. The van der Waals surface area contributed by atoms with Crippen molar-refractivity contribution in [1.82, 2.24) is 24.9 Å². The van der Waals surface area contributed by atoms with Crippen LogP contribution in [0, 0.1) is 0 Å². The molecule has 2 heterocycles. The first kappa shape index (κ1) is 17.5. The minimum Gasteiger partial charge on any atom is -0.338 e. The summed E-state index contributed by atoms with van der Waals surface area (Å²) in [6, 6.07) is 17.5. The van der Waals surface area contributed by atoms with Crippen LogP contribution in [0.25, 0.3) is 17.1 Å². The molecule has 4 aromatic rings. The van der Waals surface area contributed by atoms with Crippen molar-refractivity contribution in [3.8, 4) is 17.1 Å². The second-order valence-corrected chi connectivity index (χ2v) is 7.96. The molecular formula is C20H16ClN5OS. The topological polar surface area (TPSA) is 69.6 Å². The first-order valence-corrected chi connectivity index (χ1v) is 10.4. The lowest BCUT2D eigenvalue weighted by atomic mass is 10.2. The van der Waals surface area contributed by atoms with Gasteiger partial charge in [0, 0.05) is 16.5 Å². The molecule has 0 saturated heterocycles. The second kappa shape index (κ2) is 7.41. The molecule has 0 amide bonds. The largest absolute Gasteiger partial charge is 0.338 e. The molecule has 1 aliphatic rings. The van der Waals surface area contributed by atoms with Crippen molar-refractivity contribution < 1.29 is 4.52 Å². The molecule has 1 saturated carbocycles. The minimum absolute atomic E-state index is 0.500. The van der Waals surface area contributed by atoms with Gasteiger partial charge in [-0.1, -0.05) is 58.9 Å². The Bertz CT molecular complexity index is 1110. The highest BCUT2D eigenvalue weighted by Crippen LogP contribution is 2.40. The third-order valence-corrected chi connectivity index (χ3v) is 5.49. The smallest absolute Gasteiger partial charge is 0.237 e. The summed E-state index contributed by atoms with van der Waals surface area (Å²) in [6.07, 6.45) is 2.34. The summed E-state index contributed by atoms with van der Waals surface area (Å²) in [7, 11) is 0. The molecule has 28 heavy (non-hydrogen) atoms. The minimum atomic E-state index is 0.500. The highest BCUT2D eigenvalue weighted by molar-refractivity contribution is 7.98. The summed E-state index contributed by atoms with van der Waals surface area (Å²) in [5, 5.41) is 10.1. The zero-order valence-electron chi connectivity index (χ0n) is 14.8. The van der Waals surface area contributed by atoms with Crippen molar-refractivity contribution in [3.05, 3.63) is 71.3 Å². The first-order valence-electron chi connectivity index (χ1n) is 9.00. The van der Waals surface area contributed by atoms with Crippen LogP contribution in [0.1, 0.15) is 30.5 Å². The van der Waals surface area contributed by atoms with E-state index in [1.807, 2.05) is 59.3 Å². The standard InChI is InChI=1S/C20H16ClN5OS/c21-15-6-4-5-14(11-15)18-22-17(27-25-18)12-28-20-23-19(13-9-10-13)26(24-20)16-7-2-1-3-8-16/h1-8,11,13H,9-10,12H2. The fourth-order valence-corrected chi connectivity index (χ4v) is 3.77. The molecule has 8 heteroatoms. The molecule has 0 radical (unpaired) electrons. The van der Waals surface area contributed by atoms with Gasteiger partial charge in [0.1, 0.15) is 5.82 Å². The van der Waals surface area contributed by atoms with Crippen LogP contribution in [-0.2, 0) is 5.75 Å². The van der Waals surface area contributed by atoms with Gasteiger partial charge in [-0.15, -0.1) is 5.10 Å². The average molecular weight is 410 g/mol. The van der Waals surface area contributed by atoms with Crippen LogP contribution >= 0.6 is 23.4 Å². The van der Waals surface area contributed by atoms with Gasteiger partial charge in [0.2, 0.25) is 16.9 Å². The Balaban J connectivity index is 1.34. The lowest BCUT2D eigenvalue weighted by Gasteiger charge is -2.03. The predicted octanol–water partition coefficient (Wildman–Crippen LogP) is 5.14. The summed E-state index contributed by atoms with van der Waals surface area (Å²) in [4.78, 5) is 9.20. The quantitative estimate of drug-likeness (QED) is 0.410. The molecule has 2 aromatic carbocycles. The number of halogens is 1. The molecule has 140 valence electrons. The fourth-order valence-electron chi connectivity index (χ4n) is 2.92. The number of para-hydroxylation sites is 1. The molecule has 0 bridgehead atoms. The van der Waals surface area contributed by atoms with Crippen LogP contribution in [0.4, 0.5) is 0 Å². The lowest BCUT2D eigenvalue weighted by Crippen LogP contribution is -2.01. The van der Waals surface area contributed by atoms with Gasteiger partial charge >= 0.3 is 0 Å². The zero-order valence-corrected chi connectivity index (χ0v) is 16.4. The molecule has 6 nitrogen and oxygen atoms in total. The zero-order chi connectivity index (χ0) is 18.9. The third-order valence-electron chi connectivity index (χ3n) is 4.43. The van der Waals surface area contributed by atoms with Gasteiger partial charge < -0.3 is 4.52 Å². The van der Waals surface area contributed by atoms with Gasteiger partial charge in [0.15, 0.2) is 0 Å². The molecular weight excluding hydrogens is 394 g/mol. The second-order valence-electron chi connectivity index (χ2n) is 6.58. The predicted molar refractivity (Wildman–Crippen MR) is 108 cm³/mol. The van der Waals surface area contributed by atoms with E-state index in [1.165, 1.54) is 24.6 Å². The Morgan fingerprint density at radius 2 is 1.93 bits per heavy atom. The van der Waals surface area contributed by atoms with Crippen LogP contribution < -0.4 is 0 Å². The van der Waals surface area contributed by atoms with Crippen LogP contribution in [0.15, 0.2) is 64.3 Å². The SMILES string of the molecule is Clc1cccc(-c2noc(CSc3nc(C4CC4)n(-c4ccccc4)n3)n2)c1. The van der Waals surface area contributed by atoms with E-state index >= 15 is 0 Å². The lowest BCUT2D eigenvalue weighted by molar-refractivity contribution is 0.391. The van der Waals surface area contributed by atoms with Gasteiger partial charge in [-0.2, -0.15) is 4.98 Å². The van der Waals surface area contributed by atoms with E-state index in [9.17, 15) is 0 Å². The first-order chi connectivity index (χ1) is 13.8. The maximum atomic E-state index is 6.03. The normalized spacial score (nSPS) is 13.8. The number of aromatic nitrogens is 5. The Morgan fingerprint density at radius 3 is 2.71 bits per heavy atom. The van der Waals surface area contributed by atoms with Crippen molar-refractivity contribution in [2.24, 2.45) is 0 Å². The van der Waals surface area contributed by atoms with Crippen molar-refractivity contribution in [3.63, 3.8) is 0 Å². The molecule has 0 N–H and O–H groups in total. The van der Waals surface area contributed by atoms with Crippen molar-refractivity contribution in [1.29, 1.82) is 0 Å². The molecule has 0 aliphatic heterocycles. The molecule has 0 spiro atoms. The Kier molecular flexibility index (Phi) is 4.62. The van der Waals surface area contributed by atoms with E-state index in [0.717, 1.165) is 17.1 Å². The fraction of sp³-hybridized carbons (Fsp3) is 0.200. The maximum Gasteiger partial charge on any atom is 0.237 e. The summed E-state index contributed by atoms with van der Waals surface area (Å²) >= 11 is 7.53. The monoisotopic (exact) mass is 409 g/mol. The molecule has 2 aromatic heterocycles. The summed E-state index contributed by atoms with van der Waals surface area (Å²) in [5.41, 5.74) is 1.86. The number of rotatable bonds is 6. The average Bonchev–Trinajstić information content (AvgIpc) is 3.30. The Hall–Kier alpha value is -2.64. The van der Waals surface area contributed by atoms with E-state index in [-0.39, 0.29) is 0 Å². The molecule has 5 rings (SSSR count). The number of nitrogens with zero attached hydrogens (tertiary/aromatic N) is 5. The van der Waals surface area contributed by atoms with Crippen molar-refractivity contribution in [2.75, 3.05) is 0 Å². The summed E-state index contributed by atoms with van der Waals surface area (Å²) < 4.78 is 7.32. The van der Waals surface area contributed by atoms with E-state index in [0.29, 0.717) is 33.6 Å². The van der Waals surface area contributed by atoms with E-state index in [4.69, 9.17) is 26.2 Å². The van der Waals surface area contributed by atoms with Gasteiger partial charge in [-0.25, -0.2) is 9.67 Å². The Morgan fingerprint density at radius 1 is 1.07 bits per heavy atom. The number of thioether (sulfide) groups is 1. The van der Waals surface area contributed by atoms with E-state index < -0.39 is 0 Å². The molecule has 0 atom stereocenters. The number of hydrogen-bond donors (Lipinski definition) is 0.